The number of hydrogen-bond acceptors (Lipinski definition) is 5. The largest absolute Gasteiger partial charge is 0.436 e. The van der Waals surface area contributed by atoms with Crippen molar-refractivity contribution < 1.29 is 22.7 Å². The van der Waals surface area contributed by atoms with Gasteiger partial charge in [0.25, 0.3) is 0 Å². The van der Waals surface area contributed by atoms with Crippen molar-refractivity contribution in [2.75, 3.05) is 0 Å². The van der Waals surface area contributed by atoms with Gasteiger partial charge in [-0.05, 0) is 49.8 Å². The zero-order valence-electron chi connectivity index (χ0n) is 15.4. The van der Waals surface area contributed by atoms with Crippen molar-refractivity contribution in [3.8, 4) is 0 Å². The summed E-state index contributed by atoms with van der Waals surface area (Å²) in [5.74, 6) is -0.209. The Balaban J connectivity index is 1.60. The molecule has 1 saturated carbocycles. The molecule has 2 atom stereocenters. The highest BCUT2D eigenvalue weighted by molar-refractivity contribution is 7.92. The Bertz CT molecular complexity index is 706. The van der Waals surface area contributed by atoms with E-state index < -0.39 is 16.1 Å². The zero-order chi connectivity index (χ0) is 18.6. The van der Waals surface area contributed by atoms with E-state index in [4.69, 9.17) is 9.47 Å². The lowest BCUT2D eigenvalue weighted by Gasteiger charge is -2.30. The molecule has 1 aromatic rings. The number of esters is 1. The van der Waals surface area contributed by atoms with Gasteiger partial charge in [0.2, 0.25) is 6.29 Å². The van der Waals surface area contributed by atoms with Crippen LogP contribution in [0.1, 0.15) is 76.4 Å². The first-order valence-corrected chi connectivity index (χ1v) is 11.2. The molecule has 0 radical (unpaired) electrons. The molecule has 2 unspecified atom stereocenters. The van der Waals surface area contributed by atoms with Crippen LogP contribution in [0.25, 0.3) is 0 Å². The fourth-order valence-corrected chi connectivity index (χ4v) is 5.25. The minimum atomic E-state index is -3.20. The van der Waals surface area contributed by atoms with Gasteiger partial charge in [0.15, 0.2) is 9.84 Å². The molecule has 0 aromatic heterocycles. The van der Waals surface area contributed by atoms with E-state index in [0.717, 1.165) is 50.5 Å². The highest BCUT2D eigenvalue weighted by Crippen LogP contribution is 2.34. The molecule has 3 rings (SSSR count). The second-order valence-electron chi connectivity index (χ2n) is 7.25. The van der Waals surface area contributed by atoms with Crippen LogP contribution in [-0.2, 0) is 24.1 Å². The van der Waals surface area contributed by atoms with Gasteiger partial charge in [-0.25, -0.2) is 8.42 Å². The molecule has 1 saturated heterocycles. The molecular formula is C20H28O5S. The minimum Gasteiger partial charge on any atom is -0.436 e. The molecule has 0 amide bonds. The molecule has 1 aliphatic heterocycles. The molecule has 1 aromatic carbocycles. The fourth-order valence-electron chi connectivity index (χ4n) is 3.39. The van der Waals surface area contributed by atoms with E-state index in [0.29, 0.717) is 17.7 Å². The second kappa shape index (κ2) is 8.53. The van der Waals surface area contributed by atoms with E-state index >= 15 is 0 Å². The fraction of sp³-hybridized carbons (Fsp3) is 0.650. The number of carbonyl (C=O) groups excluding carboxylic acids is 1. The SMILES string of the molecule is CCCCC(=O)OC1CCCC(c2ccc(S(=O)(=O)C3CCC3)cc2)O1. The van der Waals surface area contributed by atoms with Gasteiger partial charge in [0, 0.05) is 12.8 Å². The predicted molar refractivity (Wildman–Crippen MR) is 98.3 cm³/mol. The van der Waals surface area contributed by atoms with E-state index in [1.165, 1.54) is 0 Å². The molecule has 0 bridgehead atoms. The van der Waals surface area contributed by atoms with Crippen LogP contribution in [-0.4, -0.2) is 25.9 Å². The van der Waals surface area contributed by atoms with Crippen molar-refractivity contribution in [1.29, 1.82) is 0 Å². The second-order valence-corrected chi connectivity index (χ2v) is 9.47. The summed E-state index contributed by atoms with van der Waals surface area (Å²) in [6, 6.07) is 7.03. The highest BCUT2D eigenvalue weighted by Gasteiger charge is 2.33. The Morgan fingerprint density at radius 3 is 2.42 bits per heavy atom. The molecule has 0 N–H and O–H groups in total. The Morgan fingerprint density at radius 1 is 1.12 bits per heavy atom. The molecule has 1 heterocycles. The molecule has 26 heavy (non-hydrogen) atoms. The summed E-state index contributed by atoms with van der Waals surface area (Å²) in [4.78, 5) is 12.2. The van der Waals surface area contributed by atoms with E-state index in [1.54, 1.807) is 12.1 Å². The number of sulfone groups is 1. The van der Waals surface area contributed by atoms with Crippen LogP contribution in [0.3, 0.4) is 0 Å². The summed E-state index contributed by atoms with van der Waals surface area (Å²) in [7, 11) is -3.20. The summed E-state index contributed by atoms with van der Waals surface area (Å²) < 4.78 is 36.3. The van der Waals surface area contributed by atoms with Crippen LogP contribution in [0.15, 0.2) is 29.2 Å². The third kappa shape index (κ3) is 4.46. The Labute approximate surface area is 156 Å². The van der Waals surface area contributed by atoms with Crippen LogP contribution in [0.5, 0.6) is 0 Å². The average molecular weight is 381 g/mol. The lowest BCUT2D eigenvalue weighted by Crippen LogP contribution is -2.28. The monoisotopic (exact) mass is 380 g/mol. The van der Waals surface area contributed by atoms with E-state index in [-0.39, 0.29) is 17.3 Å². The number of hydrogen-bond donors (Lipinski definition) is 0. The molecule has 1 aliphatic carbocycles. The summed E-state index contributed by atoms with van der Waals surface area (Å²) in [6.07, 6.45) is 6.54. The van der Waals surface area contributed by atoms with Gasteiger partial charge in [-0.15, -0.1) is 0 Å². The molecule has 2 aliphatic rings. The van der Waals surface area contributed by atoms with Crippen LogP contribution in [0.2, 0.25) is 0 Å². The minimum absolute atomic E-state index is 0.159. The van der Waals surface area contributed by atoms with Gasteiger partial charge in [-0.3, -0.25) is 4.79 Å². The van der Waals surface area contributed by atoms with Crippen LogP contribution in [0.4, 0.5) is 0 Å². The van der Waals surface area contributed by atoms with Gasteiger partial charge in [-0.1, -0.05) is 31.9 Å². The van der Waals surface area contributed by atoms with Crippen molar-refractivity contribution in [3.05, 3.63) is 29.8 Å². The first-order valence-electron chi connectivity index (χ1n) is 9.69. The standard InChI is InChI=1S/C20H28O5S/c1-2-3-9-19(21)25-20-10-5-8-18(24-20)15-11-13-17(14-12-15)26(22,23)16-6-4-7-16/h11-14,16,18,20H,2-10H2,1H3. The average Bonchev–Trinajstić information content (AvgIpc) is 2.58. The normalized spacial score (nSPS) is 24.0. The lowest BCUT2D eigenvalue weighted by atomic mass is 10.00. The maximum atomic E-state index is 12.5. The maximum absolute atomic E-state index is 12.5. The van der Waals surface area contributed by atoms with E-state index in [9.17, 15) is 13.2 Å². The Morgan fingerprint density at radius 2 is 1.81 bits per heavy atom. The predicted octanol–water partition coefficient (Wildman–Crippen LogP) is 4.31. The first-order chi connectivity index (χ1) is 12.5. The summed E-state index contributed by atoms with van der Waals surface area (Å²) >= 11 is 0. The third-order valence-corrected chi connectivity index (χ3v) is 7.57. The quantitative estimate of drug-likeness (QED) is 0.659. The van der Waals surface area contributed by atoms with Gasteiger partial charge < -0.3 is 9.47 Å². The van der Waals surface area contributed by atoms with Gasteiger partial charge >= 0.3 is 5.97 Å². The van der Waals surface area contributed by atoms with Gasteiger partial charge in [-0.2, -0.15) is 0 Å². The molecule has 2 fully saturated rings. The number of ether oxygens (including phenoxy) is 2. The number of rotatable bonds is 7. The molecular weight excluding hydrogens is 352 g/mol. The first kappa shape index (κ1) is 19.4. The zero-order valence-corrected chi connectivity index (χ0v) is 16.2. The molecule has 0 spiro atoms. The number of unbranched alkanes of at least 4 members (excludes halogenated alkanes) is 1. The number of carbonyl (C=O) groups is 1. The highest BCUT2D eigenvalue weighted by atomic mass is 32.2. The third-order valence-electron chi connectivity index (χ3n) is 5.29. The summed E-state index contributed by atoms with van der Waals surface area (Å²) in [5, 5.41) is -0.216. The van der Waals surface area contributed by atoms with Crippen LogP contribution in [0, 0.1) is 0 Å². The topological polar surface area (TPSA) is 69.7 Å². The van der Waals surface area contributed by atoms with Gasteiger partial charge in [0.1, 0.15) is 0 Å². The van der Waals surface area contributed by atoms with Crippen molar-refractivity contribution in [2.45, 2.75) is 87.3 Å². The van der Waals surface area contributed by atoms with Crippen LogP contribution < -0.4 is 0 Å². The van der Waals surface area contributed by atoms with E-state index in [2.05, 4.69) is 0 Å². The van der Waals surface area contributed by atoms with E-state index in [1.807, 2.05) is 19.1 Å². The summed E-state index contributed by atoms with van der Waals surface area (Å²) in [6.45, 7) is 2.04. The number of benzene rings is 1. The molecule has 144 valence electrons. The molecule has 5 nitrogen and oxygen atoms in total. The van der Waals surface area contributed by atoms with Crippen molar-refractivity contribution in [1.82, 2.24) is 0 Å². The van der Waals surface area contributed by atoms with Gasteiger partial charge in [0.05, 0.1) is 16.2 Å². The summed E-state index contributed by atoms with van der Waals surface area (Å²) in [5.41, 5.74) is 0.937. The Kier molecular flexibility index (Phi) is 6.35. The molecule has 6 heteroatoms. The lowest BCUT2D eigenvalue weighted by molar-refractivity contribution is -0.204. The smallest absolute Gasteiger partial charge is 0.308 e. The maximum Gasteiger partial charge on any atom is 0.308 e. The van der Waals surface area contributed by atoms with Crippen molar-refractivity contribution in [2.24, 2.45) is 0 Å². The van der Waals surface area contributed by atoms with Crippen molar-refractivity contribution >= 4 is 15.8 Å². The van der Waals surface area contributed by atoms with Crippen LogP contribution >= 0.6 is 0 Å². The Hall–Kier alpha value is -1.40. The van der Waals surface area contributed by atoms with Crippen molar-refractivity contribution in [3.63, 3.8) is 0 Å².